The number of hydrogen-bond donors (Lipinski definition) is 0. The summed E-state index contributed by atoms with van der Waals surface area (Å²) in [5.74, 6) is 0. The van der Waals surface area contributed by atoms with E-state index >= 15 is 0 Å². The predicted octanol–water partition coefficient (Wildman–Crippen LogP) is 4.10. The van der Waals surface area contributed by atoms with Crippen LogP contribution in [0.1, 0.15) is 6.92 Å². The van der Waals surface area contributed by atoms with Crippen LogP contribution in [-0.2, 0) is 0 Å². The molecule has 0 spiro atoms. The van der Waals surface area contributed by atoms with Gasteiger partial charge in [0.15, 0.2) is 0 Å². The van der Waals surface area contributed by atoms with E-state index in [9.17, 15) is 0 Å². The molecule has 4 heteroatoms. The minimum atomic E-state index is -1.20. The standard InChI is InChI=1S/C10H24ClNSi2/c1-10(11)8-9-12(13(2,3)4)14(5,6)7/h8H,9H2,1-7H3/b10-8+. The second kappa shape index (κ2) is 4.97. The molecule has 0 radical (unpaired) electrons. The summed E-state index contributed by atoms with van der Waals surface area (Å²) in [6, 6.07) is 0. The Morgan fingerprint density at radius 1 is 1.07 bits per heavy atom. The molecule has 14 heavy (non-hydrogen) atoms. The lowest BCUT2D eigenvalue weighted by atomic mass is 10.5. The van der Waals surface area contributed by atoms with E-state index in [0.717, 1.165) is 11.6 Å². The van der Waals surface area contributed by atoms with Crippen molar-refractivity contribution >= 4 is 28.1 Å². The lowest BCUT2D eigenvalue weighted by molar-refractivity contribution is 0.686. The topological polar surface area (TPSA) is 3.24 Å². The zero-order chi connectivity index (χ0) is 11.6. The average molecular weight is 250 g/mol. The van der Waals surface area contributed by atoms with E-state index in [1.165, 1.54) is 0 Å². The molecule has 0 heterocycles. The number of nitrogens with zero attached hydrogens (tertiary/aromatic N) is 1. The molecule has 1 nitrogen and oxygen atoms in total. The maximum atomic E-state index is 5.89. The Kier molecular flexibility index (Phi) is 5.12. The summed E-state index contributed by atoms with van der Waals surface area (Å²) >= 11 is 5.89. The molecule has 0 saturated carbocycles. The fourth-order valence-electron chi connectivity index (χ4n) is 1.77. The fourth-order valence-corrected chi connectivity index (χ4v) is 11.2. The van der Waals surface area contributed by atoms with E-state index in [4.69, 9.17) is 11.6 Å². The van der Waals surface area contributed by atoms with Crippen molar-refractivity contribution in [3.63, 3.8) is 0 Å². The van der Waals surface area contributed by atoms with Gasteiger partial charge in [0.1, 0.15) is 16.5 Å². The summed E-state index contributed by atoms with van der Waals surface area (Å²) in [5.41, 5.74) is 0. The van der Waals surface area contributed by atoms with Crippen LogP contribution in [0.15, 0.2) is 11.1 Å². The minimum Gasteiger partial charge on any atom is -0.342 e. The molecule has 0 rings (SSSR count). The molecular weight excluding hydrogens is 226 g/mol. The highest BCUT2D eigenvalue weighted by molar-refractivity contribution is 6.89. The van der Waals surface area contributed by atoms with Crippen molar-refractivity contribution < 1.29 is 0 Å². The van der Waals surface area contributed by atoms with Crippen LogP contribution in [0.25, 0.3) is 0 Å². The van der Waals surface area contributed by atoms with E-state index in [1.54, 1.807) is 0 Å². The van der Waals surface area contributed by atoms with Gasteiger partial charge in [-0.1, -0.05) is 57.0 Å². The Hall–Kier alpha value is 0.424. The lowest BCUT2D eigenvalue weighted by Crippen LogP contribution is -2.58. The highest BCUT2D eigenvalue weighted by Crippen LogP contribution is 2.19. The fraction of sp³-hybridized carbons (Fsp3) is 0.800. The third kappa shape index (κ3) is 5.34. The van der Waals surface area contributed by atoms with Crippen molar-refractivity contribution in [3.8, 4) is 0 Å². The second-order valence-electron chi connectivity index (χ2n) is 5.74. The Morgan fingerprint density at radius 3 is 1.64 bits per heavy atom. The van der Waals surface area contributed by atoms with Crippen molar-refractivity contribution in [1.82, 2.24) is 4.23 Å². The van der Waals surface area contributed by atoms with Gasteiger partial charge in [-0.15, -0.1) is 0 Å². The number of allylic oxidation sites excluding steroid dienone is 1. The van der Waals surface area contributed by atoms with Gasteiger partial charge in [0.05, 0.1) is 0 Å². The van der Waals surface area contributed by atoms with Crippen molar-refractivity contribution in [2.45, 2.75) is 46.2 Å². The predicted molar refractivity (Wildman–Crippen MR) is 73.0 cm³/mol. The molecule has 0 aliphatic heterocycles. The van der Waals surface area contributed by atoms with E-state index in [-0.39, 0.29) is 0 Å². The van der Waals surface area contributed by atoms with Gasteiger partial charge in [-0.3, -0.25) is 0 Å². The van der Waals surface area contributed by atoms with Crippen LogP contribution in [0, 0.1) is 0 Å². The monoisotopic (exact) mass is 249 g/mol. The quantitative estimate of drug-likeness (QED) is 0.679. The Bertz CT molecular complexity index is 195. The largest absolute Gasteiger partial charge is 0.342 e. The Labute approximate surface area is 96.3 Å². The Balaban J connectivity index is 4.69. The second-order valence-corrected chi connectivity index (χ2v) is 16.5. The molecule has 0 bridgehead atoms. The van der Waals surface area contributed by atoms with Gasteiger partial charge in [0.2, 0.25) is 0 Å². The van der Waals surface area contributed by atoms with E-state index in [2.05, 4.69) is 49.6 Å². The molecule has 0 aliphatic carbocycles. The summed E-state index contributed by atoms with van der Waals surface area (Å²) < 4.78 is 2.71. The molecular formula is C10H24ClNSi2. The summed E-state index contributed by atoms with van der Waals surface area (Å²) in [7, 11) is -2.39. The van der Waals surface area contributed by atoms with Gasteiger partial charge in [-0.2, -0.15) is 0 Å². The van der Waals surface area contributed by atoms with Gasteiger partial charge in [-0.05, 0) is 6.92 Å². The molecule has 0 saturated heterocycles. The van der Waals surface area contributed by atoms with Crippen molar-refractivity contribution in [1.29, 1.82) is 0 Å². The maximum absolute atomic E-state index is 5.89. The molecule has 0 amide bonds. The number of hydrogen-bond acceptors (Lipinski definition) is 1. The molecule has 84 valence electrons. The van der Waals surface area contributed by atoms with Gasteiger partial charge in [-0.25, -0.2) is 0 Å². The normalized spacial score (nSPS) is 15.1. The third-order valence-corrected chi connectivity index (χ3v) is 9.96. The van der Waals surface area contributed by atoms with Crippen LogP contribution in [-0.4, -0.2) is 27.2 Å². The first-order chi connectivity index (χ1) is 6.05. The van der Waals surface area contributed by atoms with Crippen LogP contribution in [0.4, 0.5) is 0 Å². The highest BCUT2D eigenvalue weighted by Gasteiger charge is 2.33. The SMILES string of the molecule is C/C(Cl)=C\CN([Si](C)(C)C)[Si](C)(C)C. The van der Waals surface area contributed by atoms with Gasteiger partial charge in [0.25, 0.3) is 0 Å². The van der Waals surface area contributed by atoms with Crippen LogP contribution in [0.3, 0.4) is 0 Å². The van der Waals surface area contributed by atoms with Gasteiger partial charge >= 0.3 is 0 Å². The first-order valence-electron chi connectivity index (χ1n) is 5.15. The molecule has 0 aromatic carbocycles. The molecule has 0 N–H and O–H groups in total. The summed E-state index contributed by atoms with van der Waals surface area (Å²) in [6.45, 7) is 17.4. The molecule has 0 unspecified atom stereocenters. The van der Waals surface area contributed by atoms with Crippen molar-refractivity contribution in [2.24, 2.45) is 0 Å². The minimum absolute atomic E-state index is 0.909. The molecule has 0 aromatic heterocycles. The van der Waals surface area contributed by atoms with Crippen LogP contribution < -0.4 is 0 Å². The summed E-state index contributed by atoms with van der Waals surface area (Å²) in [6.07, 6.45) is 2.14. The molecule has 0 aromatic rings. The lowest BCUT2D eigenvalue weighted by Gasteiger charge is -2.43. The van der Waals surface area contributed by atoms with Crippen molar-refractivity contribution in [3.05, 3.63) is 11.1 Å². The number of halogens is 1. The first kappa shape index (κ1) is 14.4. The zero-order valence-corrected chi connectivity index (χ0v) is 13.4. The van der Waals surface area contributed by atoms with Gasteiger partial charge < -0.3 is 4.23 Å². The molecule has 0 aliphatic rings. The molecule has 0 atom stereocenters. The van der Waals surface area contributed by atoms with Crippen molar-refractivity contribution in [2.75, 3.05) is 6.54 Å². The highest BCUT2D eigenvalue weighted by atomic mass is 35.5. The first-order valence-corrected chi connectivity index (χ1v) is 12.4. The third-order valence-electron chi connectivity index (χ3n) is 2.17. The van der Waals surface area contributed by atoms with Gasteiger partial charge in [0, 0.05) is 11.6 Å². The Morgan fingerprint density at radius 2 is 1.43 bits per heavy atom. The summed E-state index contributed by atoms with van der Waals surface area (Å²) in [4.78, 5) is 0. The number of rotatable bonds is 4. The summed E-state index contributed by atoms with van der Waals surface area (Å²) in [5, 5.41) is 0.909. The van der Waals surface area contributed by atoms with E-state index in [1.807, 2.05) is 6.92 Å². The smallest absolute Gasteiger partial charge is 0.112 e. The molecule has 0 fully saturated rings. The van der Waals surface area contributed by atoms with Crippen LogP contribution in [0.5, 0.6) is 0 Å². The van der Waals surface area contributed by atoms with Crippen LogP contribution >= 0.6 is 11.6 Å². The maximum Gasteiger partial charge on any atom is 0.112 e. The van der Waals surface area contributed by atoms with E-state index < -0.39 is 16.5 Å². The van der Waals surface area contributed by atoms with Crippen LogP contribution in [0.2, 0.25) is 39.3 Å². The zero-order valence-electron chi connectivity index (χ0n) is 10.6. The average Bonchev–Trinajstić information content (AvgIpc) is 1.78. The van der Waals surface area contributed by atoms with E-state index in [0.29, 0.717) is 0 Å².